The zero-order chi connectivity index (χ0) is 13.7. The molecule has 2 saturated carbocycles. The molecule has 0 aromatic rings. The first-order valence-corrected chi connectivity index (χ1v) is 6.64. The third kappa shape index (κ3) is 1.78. The molecule has 0 radical (unpaired) electrons. The minimum Gasteiger partial charge on any atom is -0.481 e. The summed E-state index contributed by atoms with van der Waals surface area (Å²) >= 11 is 0. The minimum absolute atomic E-state index is 0.00683. The average molecular weight is 254 g/mol. The number of hydrogen-bond acceptors (Lipinski definition) is 3. The first kappa shape index (κ1) is 13.5. The highest BCUT2D eigenvalue weighted by Gasteiger charge is 2.58. The first-order chi connectivity index (χ1) is 8.20. The zero-order valence-electron chi connectivity index (χ0n) is 11.3. The van der Waals surface area contributed by atoms with Gasteiger partial charge >= 0.3 is 5.97 Å². The fourth-order valence-electron chi connectivity index (χ4n) is 4.19. The van der Waals surface area contributed by atoms with Crippen molar-refractivity contribution in [1.82, 2.24) is 0 Å². The van der Waals surface area contributed by atoms with E-state index in [-0.39, 0.29) is 23.5 Å². The number of carboxylic acids is 1. The van der Waals surface area contributed by atoms with Crippen LogP contribution in [0.2, 0.25) is 0 Å². The topological polar surface area (TPSA) is 74.6 Å². The maximum Gasteiger partial charge on any atom is 0.316 e. The number of fused-ring (bicyclic) bond motifs is 1. The van der Waals surface area contributed by atoms with Gasteiger partial charge in [0.2, 0.25) is 0 Å². The van der Waals surface area contributed by atoms with Crippen molar-refractivity contribution < 1.29 is 19.8 Å². The number of aliphatic hydroxyl groups excluding tert-OH is 1. The van der Waals surface area contributed by atoms with Crippen LogP contribution < -0.4 is 0 Å². The Morgan fingerprint density at radius 3 is 2.44 bits per heavy atom. The fraction of sp³-hybridized carbons (Fsp3) is 0.857. The standard InChI is InChI=1S/C14H22O4/c1-13(2)5-4-6-14(3)9(13)7-8(15)10(11(14)16)12(17)18/h9-11,16H,4-7H2,1-3H3,(H,17,18). The highest BCUT2D eigenvalue weighted by Crippen LogP contribution is 2.57. The Labute approximate surface area is 107 Å². The van der Waals surface area contributed by atoms with Gasteiger partial charge in [0.1, 0.15) is 11.7 Å². The Morgan fingerprint density at radius 2 is 1.89 bits per heavy atom. The van der Waals surface area contributed by atoms with E-state index in [1.165, 1.54) is 0 Å². The first-order valence-electron chi connectivity index (χ1n) is 6.64. The van der Waals surface area contributed by atoms with Crippen molar-refractivity contribution in [3.63, 3.8) is 0 Å². The fourth-order valence-corrected chi connectivity index (χ4v) is 4.19. The summed E-state index contributed by atoms with van der Waals surface area (Å²) in [7, 11) is 0. The molecular formula is C14H22O4. The van der Waals surface area contributed by atoms with Crippen molar-refractivity contribution in [3.8, 4) is 0 Å². The van der Waals surface area contributed by atoms with Gasteiger partial charge in [0.15, 0.2) is 0 Å². The van der Waals surface area contributed by atoms with Gasteiger partial charge in [-0.05, 0) is 29.6 Å². The van der Waals surface area contributed by atoms with Crippen LogP contribution in [-0.4, -0.2) is 28.1 Å². The number of carbonyl (C=O) groups is 2. The summed E-state index contributed by atoms with van der Waals surface area (Å²) in [6.45, 7) is 6.19. The predicted molar refractivity (Wildman–Crippen MR) is 66.0 cm³/mol. The molecule has 0 bridgehead atoms. The molecule has 4 nitrogen and oxygen atoms in total. The van der Waals surface area contributed by atoms with E-state index in [0.717, 1.165) is 19.3 Å². The summed E-state index contributed by atoms with van der Waals surface area (Å²) in [4.78, 5) is 23.2. The highest BCUT2D eigenvalue weighted by atomic mass is 16.4. The van der Waals surface area contributed by atoms with Gasteiger partial charge in [0.25, 0.3) is 0 Å². The molecule has 4 atom stereocenters. The summed E-state index contributed by atoms with van der Waals surface area (Å²) in [5, 5.41) is 19.5. The van der Waals surface area contributed by atoms with Crippen molar-refractivity contribution >= 4 is 11.8 Å². The molecule has 0 amide bonds. The normalized spacial score (nSPS) is 43.3. The average Bonchev–Trinajstić information content (AvgIpc) is 2.21. The van der Waals surface area contributed by atoms with Gasteiger partial charge in [-0.15, -0.1) is 0 Å². The van der Waals surface area contributed by atoms with Crippen molar-refractivity contribution in [2.45, 2.75) is 52.6 Å². The Balaban J connectivity index is 2.40. The number of rotatable bonds is 1. The number of carbonyl (C=O) groups excluding carboxylic acids is 1. The van der Waals surface area contributed by atoms with Gasteiger partial charge in [-0.25, -0.2) is 0 Å². The monoisotopic (exact) mass is 254 g/mol. The second-order valence-corrected chi connectivity index (χ2v) is 6.83. The minimum atomic E-state index is -1.24. The lowest BCUT2D eigenvalue weighted by Gasteiger charge is -2.56. The second-order valence-electron chi connectivity index (χ2n) is 6.83. The number of carboxylic acid groups (broad SMARTS) is 1. The van der Waals surface area contributed by atoms with E-state index in [2.05, 4.69) is 13.8 Å². The van der Waals surface area contributed by atoms with Crippen LogP contribution in [0.1, 0.15) is 46.5 Å². The van der Waals surface area contributed by atoms with Gasteiger partial charge in [-0.3, -0.25) is 9.59 Å². The maximum absolute atomic E-state index is 12.0. The summed E-state index contributed by atoms with van der Waals surface area (Å²) in [6.07, 6.45) is 2.06. The van der Waals surface area contributed by atoms with Gasteiger partial charge in [0.05, 0.1) is 6.10 Å². The van der Waals surface area contributed by atoms with Crippen LogP contribution in [0.15, 0.2) is 0 Å². The molecule has 2 N–H and O–H groups in total. The van der Waals surface area contributed by atoms with Gasteiger partial charge in [0, 0.05) is 6.42 Å². The Morgan fingerprint density at radius 1 is 1.28 bits per heavy atom. The maximum atomic E-state index is 12.0. The molecule has 0 spiro atoms. The third-order valence-electron chi connectivity index (χ3n) is 5.29. The van der Waals surface area contributed by atoms with Crippen LogP contribution in [0, 0.1) is 22.7 Å². The van der Waals surface area contributed by atoms with E-state index in [0.29, 0.717) is 0 Å². The summed E-state index contributed by atoms with van der Waals surface area (Å²) in [5.74, 6) is -2.65. The highest BCUT2D eigenvalue weighted by molar-refractivity contribution is 5.99. The number of aliphatic carboxylic acids is 1. The number of ketones is 1. The molecule has 0 heterocycles. The van der Waals surface area contributed by atoms with Gasteiger partial charge < -0.3 is 10.2 Å². The number of hydrogen-bond donors (Lipinski definition) is 2. The third-order valence-corrected chi connectivity index (χ3v) is 5.29. The predicted octanol–water partition coefficient (Wildman–Crippen LogP) is 1.85. The van der Waals surface area contributed by atoms with Crippen LogP contribution in [0.25, 0.3) is 0 Å². The Bertz CT molecular complexity index is 387. The van der Waals surface area contributed by atoms with Crippen LogP contribution >= 0.6 is 0 Å². The molecule has 18 heavy (non-hydrogen) atoms. The molecule has 0 aromatic carbocycles. The van der Waals surface area contributed by atoms with E-state index in [9.17, 15) is 14.7 Å². The van der Waals surface area contributed by atoms with E-state index in [1.807, 2.05) is 6.92 Å². The Hall–Kier alpha value is -0.900. The smallest absolute Gasteiger partial charge is 0.316 e. The summed E-state index contributed by atoms with van der Waals surface area (Å²) in [5.41, 5.74) is -0.453. The van der Waals surface area contributed by atoms with Crippen LogP contribution in [0.5, 0.6) is 0 Å². The van der Waals surface area contributed by atoms with E-state index in [1.54, 1.807) is 0 Å². The molecule has 2 fully saturated rings. The molecule has 102 valence electrons. The van der Waals surface area contributed by atoms with Crippen molar-refractivity contribution in [2.24, 2.45) is 22.7 Å². The quantitative estimate of drug-likeness (QED) is 0.700. The second kappa shape index (κ2) is 4.05. The lowest BCUT2D eigenvalue weighted by Crippen LogP contribution is -2.59. The van der Waals surface area contributed by atoms with Gasteiger partial charge in [-0.1, -0.05) is 27.2 Å². The lowest BCUT2D eigenvalue weighted by molar-refractivity contribution is -0.177. The lowest BCUT2D eigenvalue weighted by atomic mass is 9.49. The van der Waals surface area contributed by atoms with Crippen molar-refractivity contribution in [1.29, 1.82) is 0 Å². The van der Waals surface area contributed by atoms with Crippen LogP contribution in [0.3, 0.4) is 0 Å². The van der Waals surface area contributed by atoms with E-state index in [4.69, 9.17) is 5.11 Å². The molecule has 2 aliphatic rings. The van der Waals surface area contributed by atoms with E-state index < -0.39 is 23.4 Å². The molecule has 4 heteroatoms. The van der Waals surface area contributed by atoms with Crippen molar-refractivity contribution in [3.05, 3.63) is 0 Å². The van der Waals surface area contributed by atoms with E-state index >= 15 is 0 Å². The van der Waals surface area contributed by atoms with Crippen LogP contribution in [-0.2, 0) is 9.59 Å². The number of Topliss-reactive ketones (excluding diaryl/α,β-unsaturated/α-hetero) is 1. The molecule has 2 aliphatic carbocycles. The largest absolute Gasteiger partial charge is 0.481 e. The summed E-state index contributed by atoms with van der Waals surface area (Å²) < 4.78 is 0. The molecule has 2 rings (SSSR count). The summed E-state index contributed by atoms with van der Waals surface area (Å²) in [6, 6.07) is 0. The zero-order valence-corrected chi connectivity index (χ0v) is 11.3. The molecule has 4 unspecified atom stereocenters. The SMILES string of the molecule is CC1(C)CCCC2(C)C(O)C(C(=O)O)C(=O)CC12. The van der Waals surface area contributed by atoms with Crippen LogP contribution in [0.4, 0.5) is 0 Å². The molecule has 0 saturated heterocycles. The number of aliphatic hydroxyl groups is 1. The molecular weight excluding hydrogens is 232 g/mol. The van der Waals surface area contributed by atoms with Gasteiger partial charge in [-0.2, -0.15) is 0 Å². The Kier molecular flexibility index (Phi) is 3.05. The molecule has 0 aromatic heterocycles. The molecule has 0 aliphatic heterocycles. The van der Waals surface area contributed by atoms with Crippen molar-refractivity contribution in [2.75, 3.05) is 0 Å².